The Morgan fingerprint density at radius 1 is 1.14 bits per heavy atom. The molecule has 1 fully saturated rings. The van der Waals surface area contributed by atoms with Crippen molar-refractivity contribution in [3.05, 3.63) is 44.9 Å². The fraction of sp³-hybridized carbons (Fsp3) is 0.375. The van der Waals surface area contributed by atoms with Crippen LogP contribution in [0.4, 0.5) is 0 Å². The van der Waals surface area contributed by atoms with Gasteiger partial charge in [-0.05, 0) is 30.5 Å². The van der Waals surface area contributed by atoms with Crippen molar-refractivity contribution in [1.29, 1.82) is 0 Å². The second-order valence-corrected chi connectivity index (χ2v) is 6.41. The van der Waals surface area contributed by atoms with Crippen LogP contribution in [0.25, 0.3) is 11.1 Å². The molecular weight excluding hydrogens is 332 g/mol. The first kappa shape index (κ1) is 14.3. The number of aromatic hydroxyl groups is 1. The first-order valence-corrected chi connectivity index (χ1v) is 8.03. The maximum atomic E-state index is 12.3. The van der Waals surface area contributed by atoms with Gasteiger partial charge in [0.15, 0.2) is 0 Å². The van der Waals surface area contributed by atoms with Crippen molar-refractivity contribution in [2.75, 3.05) is 0 Å². The zero-order valence-corrected chi connectivity index (χ0v) is 13.2. The highest BCUT2D eigenvalue weighted by molar-refractivity contribution is 9.10. The minimum absolute atomic E-state index is 0.179. The fourth-order valence-corrected chi connectivity index (χ4v) is 3.19. The second-order valence-electron chi connectivity index (χ2n) is 5.49. The molecular formula is C16H17BrN2O2. The highest BCUT2D eigenvalue weighted by Gasteiger charge is 2.21. The molecule has 1 aliphatic rings. The molecule has 2 N–H and O–H groups in total. The van der Waals surface area contributed by atoms with E-state index in [1.807, 2.05) is 12.1 Å². The van der Waals surface area contributed by atoms with Crippen molar-refractivity contribution in [2.45, 2.75) is 38.0 Å². The van der Waals surface area contributed by atoms with Crippen LogP contribution in [0.5, 0.6) is 5.88 Å². The van der Waals surface area contributed by atoms with Crippen molar-refractivity contribution in [1.82, 2.24) is 9.97 Å². The lowest BCUT2D eigenvalue weighted by molar-refractivity contribution is 0.410. The van der Waals surface area contributed by atoms with Crippen LogP contribution < -0.4 is 5.56 Å². The average Bonchev–Trinajstić information content (AvgIpc) is 2.49. The van der Waals surface area contributed by atoms with Gasteiger partial charge in [0.25, 0.3) is 5.56 Å². The van der Waals surface area contributed by atoms with E-state index in [0.29, 0.717) is 11.4 Å². The first-order valence-electron chi connectivity index (χ1n) is 7.24. The largest absolute Gasteiger partial charge is 0.493 e. The SMILES string of the molecule is O=c1[nH]c(C2CCCCC2)nc(O)c1-c1ccc(Br)cc1. The number of aromatic amines is 1. The van der Waals surface area contributed by atoms with Crippen LogP contribution in [0.3, 0.4) is 0 Å². The molecule has 0 amide bonds. The number of halogens is 1. The number of H-pyrrole nitrogens is 1. The number of benzene rings is 1. The highest BCUT2D eigenvalue weighted by atomic mass is 79.9. The Kier molecular flexibility index (Phi) is 4.10. The molecule has 0 radical (unpaired) electrons. The molecule has 0 saturated heterocycles. The van der Waals surface area contributed by atoms with Crippen molar-refractivity contribution >= 4 is 15.9 Å². The van der Waals surface area contributed by atoms with Gasteiger partial charge in [-0.1, -0.05) is 47.3 Å². The molecule has 1 heterocycles. The lowest BCUT2D eigenvalue weighted by Gasteiger charge is -2.20. The first-order chi connectivity index (χ1) is 10.1. The van der Waals surface area contributed by atoms with Gasteiger partial charge in [-0.2, -0.15) is 4.98 Å². The van der Waals surface area contributed by atoms with Gasteiger partial charge in [-0.3, -0.25) is 4.79 Å². The number of hydrogen-bond donors (Lipinski definition) is 2. The van der Waals surface area contributed by atoms with E-state index >= 15 is 0 Å². The van der Waals surface area contributed by atoms with Gasteiger partial charge in [0.1, 0.15) is 11.4 Å². The average molecular weight is 349 g/mol. The van der Waals surface area contributed by atoms with Gasteiger partial charge < -0.3 is 10.1 Å². The summed E-state index contributed by atoms with van der Waals surface area (Å²) in [4.78, 5) is 19.4. The molecule has 0 bridgehead atoms. The van der Waals surface area contributed by atoms with Crippen molar-refractivity contribution in [3.63, 3.8) is 0 Å². The molecule has 0 atom stereocenters. The van der Waals surface area contributed by atoms with Gasteiger partial charge in [0.2, 0.25) is 5.88 Å². The highest BCUT2D eigenvalue weighted by Crippen LogP contribution is 2.32. The molecule has 110 valence electrons. The molecule has 4 nitrogen and oxygen atoms in total. The monoisotopic (exact) mass is 348 g/mol. The summed E-state index contributed by atoms with van der Waals surface area (Å²) >= 11 is 3.35. The Labute approximate surface area is 131 Å². The summed E-state index contributed by atoms with van der Waals surface area (Å²) in [7, 11) is 0. The van der Waals surface area contributed by atoms with E-state index in [-0.39, 0.29) is 22.9 Å². The van der Waals surface area contributed by atoms with E-state index in [9.17, 15) is 9.90 Å². The van der Waals surface area contributed by atoms with E-state index in [1.54, 1.807) is 12.1 Å². The van der Waals surface area contributed by atoms with E-state index in [1.165, 1.54) is 6.42 Å². The molecule has 5 heteroatoms. The molecule has 3 rings (SSSR count). The standard InChI is InChI=1S/C16H17BrN2O2/c17-12-8-6-10(7-9-12)13-15(20)18-14(19-16(13)21)11-4-2-1-3-5-11/h6-9,11H,1-5H2,(H2,18,19,20,21). The molecule has 21 heavy (non-hydrogen) atoms. The Bertz CT molecular complexity index is 688. The van der Waals surface area contributed by atoms with Crippen LogP contribution in [0.1, 0.15) is 43.8 Å². The van der Waals surface area contributed by atoms with E-state index in [0.717, 1.165) is 30.2 Å². The van der Waals surface area contributed by atoms with Gasteiger partial charge in [0, 0.05) is 10.4 Å². The second kappa shape index (κ2) is 6.02. The minimum Gasteiger partial charge on any atom is -0.493 e. The maximum absolute atomic E-state index is 12.3. The summed E-state index contributed by atoms with van der Waals surface area (Å²) in [6, 6.07) is 7.25. The summed E-state index contributed by atoms with van der Waals surface area (Å²) in [5.74, 6) is 0.705. The van der Waals surface area contributed by atoms with Gasteiger partial charge in [-0.15, -0.1) is 0 Å². The van der Waals surface area contributed by atoms with Crippen LogP contribution in [0.15, 0.2) is 33.5 Å². The minimum atomic E-state index is -0.273. The van der Waals surface area contributed by atoms with Crippen molar-refractivity contribution in [3.8, 4) is 17.0 Å². The summed E-state index contributed by atoms with van der Waals surface area (Å²) in [6.45, 7) is 0. The third-order valence-electron chi connectivity index (χ3n) is 4.04. The zero-order chi connectivity index (χ0) is 14.8. The molecule has 0 spiro atoms. The Hall–Kier alpha value is -1.62. The van der Waals surface area contributed by atoms with Gasteiger partial charge in [-0.25, -0.2) is 0 Å². The predicted octanol–water partition coefficient (Wildman–Crippen LogP) is 3.95. The van der Waals surface area contributed by atoms with Crippen molar-refractivity contribution in [2.24, 2.45) is 0 Å². The summed E-state index contributed by atoms with van der Waals surface area (Å²) < 4.78 is 0.925. The number of hydrogen-bond acceptors (Lipinski definition) is 3. The number of nitrogens with one attached hydrogen (secondary N) is 1. The molecule has 0 unspecified atom stereocenters. The van der Waals surface area contributed by atoms with E-state index in [4.69, 9.17) is 0 Å². The zero-order valence-electron chi connectivity index (χ0n) is 11.6. The Balaban J connectivity index is 2.00. The Morgan fingerprint density at radius 2 is 1.81 bits per heavy atom. The normalized spacial score (nSPS) is 16.0. The molecule has 0 aliphatic heterocycles. The van der Waals surface area contributed by atoms with E-state index in [2.05, 4.69) is 25.9 Å². The summed E-state index contributed by atoms with van der Waals surface area (Å²) in [6.07, 6.45) is 5.61. The predicted molar refractivity (Wildman–Crippen MR) is 85.5 cm³/mol. The number of nitrogens with zero attached hydrogens (tertiary/aromatic N) is 1. The smallest absolute Gasteiger partial charge is 0.262 e. The van der Waals surface area contributed by atoms with Crippen LogP contribution in [0.2, 0.25) is 0 Å². The summed E-state index contributed by atoms with van der Waals surface area (Å²) in [5.41, 5.74) is 0.632. The molecule has 1 aromatic carbocycles. The molecule has 1 saturated carbocycles. The van der Waals surface area contributed by atoms with Crippen LogP contribution in [-0.4, -0.2) is 15.1 Å². The molecule has 1 aromatic heterocycles. The van der Waals surface area contributed by atoms with Crippen molar-refractivity contribution < 1.29 is 5.11 Å². The molecule has 2 aromatic rings. The van der Waals surface area contributed by atoms with Gasteiger partial charge in [0.05, 0.1) is 0 Å². The lowest BCUT2D eigenvalue weighted by Crippen LogP contribution is -2.18. The summed E-state index contributed by atoms with van der Waals surface area (Å²) in [5, 5.41) is 10.2. The lowest BCUT2D eigenvalue weighted by atomic mass is 9.88. The maximum Gasteiger partial charge on any atom is 0.262 e. The fourth-order valence-electron chi connectivity index (χ4n) is 2.92. The van der Waals surface area contributed by atoms with E-state index < -0.39 is 0 Å². The topological polar surface area (TPSA) is 66.0 Å². The number of aromatic nitrogens is 2. The Morgan fingerprint density at radius 3 is 2.43 bits per heavy atom. The van der Waals surface area contributed by atoms with Crippen LogP contribution in [0, 0.1) is 0 Å². The number of rotatable bonds is 2. The third kappa shape index (κ3) is 3.02. The quantitative estimate of drug-likeness (QED) is 0.863. The van der Waals surface area contributed by atoms with Crippen LogP contribution >= 0.6 is 15.9 Å². The van der Waals surface area contributed by atoms with Gasteiger partial charge >= 0.3 is 0 Å². The third-order valence-corrected chi connectivity index (χ3v) is 4.57. The van der Waals surface area contributed by atoms with Crippen LogP contribution in [-0.2, 0) is 0 Å². The molecule has 1 aliphatic carbocycles.